The van der Waals surface area contributed by atoms with Gasteiger partial charge in [-0.25, -0.2) is 4.98 Å². The van der Waals surface area contributed by atoms with Crippen LogP contribution in [0, 0.1) is 0 Å². The number of para-hydroxylation sites is 1. The van der Waals surface area contributed by atoms with Crippen LogP contribution < -0.4 is 10.3 Å². The Hall–Kier alpha value is -2.53. The van der Waals surface area contributed by atoms with E-state index in [1.54, 1.807) is 41.0 Å². The number of benzene rings is 3. The van der Waals surface area contributed by atoms with Crippen molar-refractivity contribution in [1.82, 2.24) is 9.55 Å². The molecule has 0 bridgehead atoms. The predicted octanol–water partition coefficient (Wildman–Crippen LogP) is 6.10. The molecule has 7 heteroatoms. The summed E-state index contributed by atoms with van der Waals surface area (Å²) in [6.45, 7) is 0.512. The van der Waals surface area contributed by atoms with Crippen molar-refractivity contribution in [1.29, 1.82) is 0 Å². The van der Waals surface area contributed by atoms with Crippen molar-refractivity contribution < 1.29 is 4.74 Å². The SMILES string of the molecule is O=c1c2ccccc2nc(-c2ccc(Cl)cc2)n1CCOc1cc(Cl)ccc1Cl. The summed E-state index contributed by atoms with van der Waals surface area (Å²) in [6.07, 6.45) is 0. The van der Waals surface area contributed by atoms with Crippen molar-refractivity contribution in [3.63, 3.8) is 0 Å². The molecule has 1 aromatic heterocycles. The van der Waals surface area contributed by atoms with Gasteiger partial charge < -0.3 is 4.74 Å². The van der Waals surface area contributed by atoms with Crippen LogP contribution in [0.25, 0.3) is 22.3 Å². The van der Waals surface area contributed by atoms with Gasteiger partial charge in [-0.1, -0.05) is 46.9 Å². The van der Waals surface area contributed by atoms with Gasteiger partial charge in [0.25, 0.3) is 5.56 Å². The van der Waals surface area contributed by atoms with Crippen LogP contribution in [0.15, 0.2) is 71.5 Å². The average molecular weight is 446 g/mol. The van der Waals surface area contributed by atoms with Gasteiger partial charge in [-0.05, 0) is 48.5 Å². The maximum absolute atomic E-state index is 13.1. The van der Waals surface area contributed by atoms with Crippen molar-refractivity contribution in [2.45, 2.75) is 6.54 Å². The Kier molecular flexibility index (Phi) is 5.76. The number of hydrogen-bond donors (Lipinski definition) is 0. The largest absolute Gasteiger partial charge is 0.490 e. The van der Waals surface area contributed by atoms with Gasteiger partial charge in [0.05, 0.1) is 22.5 Å². The van der Waals surface area contributed by atoms with Gasteiger partial charge in [0.2, 0.25) is 0 Å². The summed E-state index contributed by atoms with van der Waals surface area (Å²) in [7, 11) is 0. The minimum absolute atomic E-state index is 0.138. The minimum Gasteiger partial charge on any atom is -0.490 e. The third kappa shape index (κ3) is 4.25. The first kappa shape index (κ1) is 19.8. The van der Waals surface area contributed by atoms with Crippen LogP contribution in [0.5, 0.6) is 5.75 Å². The molecule has 146 valence electrons. The van der Waals surface area contributed by atoms with E-state index in [2.05, 4.69) is 0 Å². The van der Waals surface area contributed by atoms with Crippen LogP contribution in [0.4, 0.5) is 0 Å². The van der Waals surface area contributed by atoms with E-state index in [1.165, 1.54) is 0 Å². The van der Waals surface area contributed by atoms with Crippen LogP contribution in [-0.4, -0.2) is 16.2 Å². The summed E-state index contributed by atoms with van der Waals surface area (Å²) >= 11 is 18.2. The lowest BCUT2D eigenvalue weighted by atomic mass is 10.2. The molecule has 1 heterocycles. The lowest BCUT2D eigenvalue weighted by Gasteiger charge is -2.15. The molecule has 0 aliphatic rings. The zero-order chi connectivity index (χ0) is 20.4. The van der Waals surface area contributed by atoms with Gasteiger partial charge in [-0.15, -0.1) is 0 Å². The second-order valence-corrected chi connectivity index (χ2v) is 7.62. The monoisotopic (exact) mass is 444 g/mol. The molecule has 4 aromatic rings. The highest BCUT2D eigenvalue weighted by molar-refractivity contribution is 6.34. The zero-order valence-electron chi connectivity index (χ0n) is 15.1. The third-order valence-corrected chi connectivity index (χ3v) is 5.23. The molecule has 0 radical (unpaired) electrons. The van der Waals surface area contributed by atoms with Crippen LogP contribution in [0.1, 0.15) is 0 Å². The van der Waals surface area contributed by atoms with Gasteiger partial charge in [0.15, 0.2) is 0 Å². The molecule has 4 rings (SSSR count). The van der Waals surface area contributed by atoms with Crippen molar-refractivity contribution in [2.75, 3.05) is 6.61 Å². The molecule has 0 unspecified atom stereocenters. The van der Waals surface area contributed by atoms with E-state index in [0.717, 1.165) is 5.56 Å². The standard InChI is InChI=1S/C22H15Cl3N2O2/c23-15-7-5-14(6-8-15)21-26-19-4-2-1-3-17(19)22(28)27(21)11-12-29-20-13-16(24)9-10-18(20)25/h1-10,13H,11-12H2. The van der Waals surface area contributed by atoms with E-state index in [0.29, 0.717) is 37.5 Å². The topological polar surface area (TPSA) is 44.1 Å². The first-order valence-corrected chi connectivity index (χ1v) is 10.00. The molecule has 0 amide bonds. The Morgan fingerprint density at radius 3 is 2.41 bits per heavy atom. The summed E-state index contributed by atoms with van der Waals surface area (Å²) in [6, 6.07) is 19.5. The normalized spacial score (nSPS) is 11.0. The fraction of sp³-hybridized carbons (Fsp3) is 0.0909. The van der Waals surface area contributed by atoms with Crippen molar-refractivity contribution in [2.24, 2.45) is 0 Å². The van der Waals surface area contributed by atoms with Crippen LogP contribution in [0.2, 0.25) is 15.1 Å². The number of nitrogens with zero attached hydrogens (tertiary/aromatic N) is 2. The highest BCUT2D eigenvalue weighted by atomic mass is 35.5. The summed E-state index contributed by atoms with van der Waals surface area (Å²) in [4.78, 5) is 17.9. The first-order valence-electron chi connectivity index (χ1n) is 8.86. The number of aromatic nitrogens is 2. The molecule has 0 saturated heterocycles. The van der Waals surface area contributed by atoms with Gasteiger partial charge in [-0.3, -0.25) is 9.36 Å². The lowest BCUT2D eigenvalue weighted by molar-refractivity contribution is 0.297. The third-order valence-electron chi connectivity index (χ3n) is 4.43. The van der Waals surface area contributed by atoms with E-state index in [4.69, 9.17) is 44.5 Å². The fourth-order valence-electron chi connectivity index (χ4n) is 3.03. The van der Waals surface area contributed by atoms with Gasteiger partial charge in [0, 0.05) is 21.7 Å². The number of rotatable bonds is 5. The van der Waals surface area contributed by atoms with Gasteiger partial charge in [0.1, 0.15) is 18.2 Å². The molecular weight excluding hydrogens is 431 g/mol. The van der Waals surface area contributed by atoms with Gasteiger partial charge >= 0.3 is 0 Å². The molecule has 4 nitrogen and oxygen atoms in total. The van der Waals surface area contributed by atoms with Crippen molar-refractivity contribution in [3.8, 4) is 17.1 Å². The lowest BCUT2D eigenvalue weighted by Crippen LogP contribution is -2.26. The Labute approximate surface area is 182 Å². The molecule has 0 saturated carbocycles. The molecule has 0 fully saturated rings. The van der Waals surface area contributed by atoms with Crippen LogP contribution >= 0.6 is 34.8 Å². The highest BCUT2D eigenvalue weighted by Crippen LogP contribution is 2.28. The molecule has 0 aliphatic heterocycles. The smallest absolute Gasteiger partial charge is 0.261 e. The summed E-state index contributed by atoms with van der Waals surface area (Å²) in [5.41, 5.74) is 1.29. The second-order valence-electron chi connectivity index (χ2n) is 6.34. The molecule has 0 spiro atoms. The number of fused-ring (bicyclic) bond motifs is 1. The Balaban J connectivity index is 1.72. The highest BCUT2D eigenvalue weighted by Gasteiger charge is 2.13. The predicted molar refractivity (Wildman–Crippen MR) is 118 cm³/mol. The molecule has 0 atom stereocenters. The number of ether oxygens (including phenoxy) is 1. The fourth-order valence-corrected chi connectivity index (χ4v) is 3.49. The number of halogens is 3. The minimum atomic E-state index is -0.138. The maximum Gasteiger partial charge on any atom is 0.261 e. The van der Waals surface area contributed by atoms with E-state index in [-0.39, 0.29) is 18.7 Å². The van der Waals surface area contributed by atoms with Crippen LogP contribution in [-0.2, 0) is 6.54 Å². The first-order chi connectivity index (χ1) is 14.0. The van der Waals surface area contributed by atoms with Crippen LogP contribution in [0.3, 0.4) is 0 Å². The van der Waals surface area contributed by atoms with Crippen molar-refractivity contribution in [3.05, 3.63) is 92.2 Å². The van der Waals surface area contributed by atoms with Gasteiger partial charge in [-0.2, -0.15) is 0 Å². The molecule has 0 aliphatic carbocycles. The van der Waals surface area contributed by atoms with E-state index in [9.17, 15) is 4.79 Å². The Morgan fingerprint density at radius 1 is 0.897 bits per heavy atom. The molecule has 0 N–H and O–H groups in total. The van der Waals surface area contributed by atoms with E-state index < -0.39 is 0 Å². The summed E-state index contributed by atoms with van der Waals surface area (Å²) in [5.74, 6) is 1.01. The summed E-state index contributed by atoms with van der Waals surface area (Å²) in [5, 5.41) is 2.14. The quantitative estimate of drug-likeness (QED) is 0.373. The Bertz CT molecular complexity index is 1240. The van der Waals surface area contributed by atoms with E-state index >= 15 is 0 Å². The second kappa shape index (κ2) is 8.46. The van der Waals surface area contributed by atoms with Crippen molar-refractivity contribution >= 4 is 45.7 Å². The average Bonchev–Trinajstić information content (AvgIpc) is 2.72. The number of hydrogen-bond acceptors (Lipinski definition) is 3. The molecule has 3 aromatic carbocycles. The maximum atomic E-state index is 13.1. The molecular formula is C22H15Cl3N2O2. The molecule has 29 heavy (non-hydrogen) atoms. The van der Waals surface area contributed by atoms with E-state index in [1.807, 2.05) is 30.3 Å². The Morgan fingerprint density at radius 2 is 1.62 bits per heavy atom. The zero-order valence-corrected chi connectivity index (χ0v) is 17.4. The summed E-state index contributed by atoms with van der Waals surface area (Å²) < 4.78 is 7.37.